The smallest absolute Gasteiger partial charge is 0.113 e. The molecule has 0 saturated heterocycles. The third kappa shape index (κ3) is 1.71. The normalized spacial score (nSPS) is 11.7. The molecule has 2 N–H and O–H groups in total. The largest absolute Gasteiger partial charge is 0.319 e. The summed E-state index contributed by atoms with van der Waals surface area (Å²) in [6.07, 6.45) is 6.81. The van der Waals surface area contributed by atoms with Gasteiger partial charge in [0.1, 0.15) is 5.69 Å². The first-order valence-electron chi connectivity index (χ1n) is 3.59. The number of hydrogen-bond acceptors (Lipinski definition) is 2. The zero-order valence-electron chi connectivity index (χ0n) is 6.70. The van der Waals surface area contributed by atoms with Crippen molar-refractivity contribution in [3.63, 3.8) is 0 Å². The van der Waals surface area contributed by atoms with Crippen molar-refractivity contribution in [3.05, 3.63) is 42.2 Å². The first-order chi connectivity index (χ1) is 5.77. The van der Waals surface area contributed by atoms with Crippen LogP contribution in [-0.2, 0) is 0 Å². The van der Waals surface area contributed by atoms with Crippen molar-refractivity contribution in [1.82, 2.24) is 4.98 Å². The van der Waals surface area contributed by atoms with Crippen LogP contribution in [-0.4, -0.2) is 4.98 Å². The molecule has 0 radical (unpaired) electrons. The highest BCUT2D eigenvalue weighted by molar-refractivity contribution is 5.27. The molecule has 1 atom stereocenters. The van der Waals surface area contributed by atoms with Gasteiger partial charge in [-0.25, -0.2) is 4.98 Å². The summed E-state index contributed by atoms with van der Waals surface area (Å²) in [5.41, 5.74) is 7.02. The van der Waals surface area contributed by atoms with Crippen LogP contribution in [0, 0.1) is 12.3 Å². The van der Waals surface area contributed by atoms with Crippen LogP contribution in [0.2, 0.25) is 0 Å². The van der Waals surface area contributed by atoms with Crippen molar-refractivity contribution >= 4 is 0 Å². The molecule has 0 unspecified atom stereocenters. The second-order valence-electron chi connectivity index (χ2n) is 2.35. The van der Waals surface area contributed by atoms with Crippen LogP contribution in [0.1, 0.15) is 17.4 Å². The van der Waals surface area contributed by atoms with Gasteiger partial charge in [-0.1, -0.05) is 18.1 Å². The molecule has 0 fully saturated rings. The number of nitrogens with two attached hydrogens (primary N) is 1. The van der Waals surface area contributed by atoms with Crippen molar-refractivity contribution in [2.75, 3.05) is 0 Å². The number of aromatic nitrogens is 1. The van der Waals surface area contributed by atoms with Gasteiger partial charge in [0.15, 0.2) is 0 Å². The van der Waals surface area contributed by atoms with E-state index >= 15 is 0 Å². The molecule has 1 aromatic rings. The molecule has 0 bridgehead atoms. The predicted octanol–water partition coefficient (Wildman–Crippen LogP) is 1.25. The van der Waals surface area contributed by atoms with E-state index in [4.69, 9.17) is 12.2 Å². The minimum atomic E-state index is -0.238. The second kappa shape index (κ2) is 3.70. The van der Waals surface area contributed by atoms with Gasteiger partial charge in [-0.3, -0.25) is 0 Å². The minimum Gasteiger partial charge on any atom is -0.319 e. The fraction of sp³-hybridized carbons (Fsp3) is 0.100. The highest BCUT2D eigenvalue weighted by Gasteiger charge is 2.01. The summed E-state index contributed by atoms with van der Waals surface area (Å²) in [4.78, 5) is 4.13. The molecule has 0 aromatic carbocycles. The third-order valence-electron chi connectivity index (χ3n) is 1.51. The second-order valence-corrected chi connectivity index (χ2v) is 2.35. The van der Waals surface area contributed by atoms with Gasteiger partial charge in [0, 0.05) is 0 Å². The zero-order valence-corrected chi connectivity index (χ0v) is 6.70. The maximum atomic E-state index is 5.67. The molecular formula is C10H10N2. The topological polar surface area (TPSA) is 38.9 Å². The van der Waals surface area contributed by atoms with Gasteiger partial charge < -0.3 is 5.73 Å². The molecule has 2 nitrogen and oxygen atoms in total. The number of nitrogens with zero attached hydrogens (tertiary/aromatic N) is 1. The molecule has 0 aliphatic heterocycles. The summed E-state index contributed by atoms with van der Waals surface area (Å²) in [7, 11) is 0. The average Bonchev–Trinajstić information content (AvgIpc) is 2.17. The molecule has 1 heterocycles. The first-order valence-corrected chi connectivity index (χ1v) is 3.59. The van der Waals surface area contributed by atoms with E-state index in [1.807, 2.05) is 12.1 Å². The summed E-state index contributed by atoms with van der Waals surface area (Å²) in [5.74, 6) is 2.45. The molecule has 2 heteroatoms. The minimum absolute atomic E-state index is 0.238. The monoisotopic (exact) mass is 158 g/mol. The highest BCUT2D eigenvalue weighted by atomic mass is 14.8. The molecule has 0 aliphatic rings. The molecule has 0 spiro atoms. The van der Waals surface area contributed by atoms with Crippen molar-refractivity contribution < 1.29 is 0 Å². The van der Waals surface area contributed by atoms with Crippen molar-refractivity contribution in [3.8, 4) is 12.3 Å². The Morgan fingerprint density at radius 2 is 2.42 bits per heavy atom. The van der Waals surface area contributed by atoms with Crippen LogP contribution in [0.3, 0.4) is 0 Å². The molecule has 0 saturated carbocycles. The van der Waals surface area contributed by atoms with Crippen LogP contribution in [0.4, 0.5) is 0 Å². The van der Waals surface area contributed by atoms with Gasteiger partial charge in [-0.05, 0) is 12.1 Å². The summed E-state index contributed by atoms with van der Waals surface area (Å²) >= 11 is 0. The third-order valence-corrected chi connectivity index (χ3v) is 1.51. The number of hydrogen-bond donors (Lipinski definition) is 1. The highest BCUT2D eigenvalue weighted by Crippen LogP contribution is 2.07. The maximum Gasteiger partial charge on any atom is 0.113 e. The molecule has 0 amide bonds. The molecule has 1 rings (SSSR count). The lowest BCUT2D eigenvalue weighted by Crippen LogP contribution is -2.08. The van der Waals surface area contributed by atoms with E-state index in [0.717, 1.165) is 5.69 Å². The van der Waals surface area contributed by atoms with Crippen LogP contribution < -0.4 is 5.73 Å². The number of pyridine rings is 1. The lowest BCUT2D eigenvalue weighted by molar-refractivity contribution is 0.861. The van der Waals surface area contributed by atoms with Gasteiger partial charge in [0.05, 0.1) is 11.7 Å². The summed E-state index contributed by atoms with van der Waals surface area (Å²) in [6, 6.07) is 5.19. The Bertz CT molecular complexity index is 323. The Morgan fingerprint density at radius 3 is 3.00 bits per heavy atom. The fourth-order valence-electron chi connectivity index (χ4n) is 0.838. The average molecular weight is 158 g/mol. The van der Waals surface area contributed by atoms with E-state index in [2.05, 4.69) is 17.5 Å². The Labute approximate surface area is 72.1 Å². The zero-order chi connectivity index (χ0) is 8.97. The van der Waals surface area contributed by atoms with Gasteiger partial charge in [-0.2, -0.15) is 0 Å². The maximum absolute atomic E-state index is 5.67. The summed E-state index contributed by atoms with van der Waals surface area (Å²) in [5, 5.41) is 0. The van der Waals surface area contributed by atoms with Crippen molar-refractivity contribution in [2.45, 2.75) is 6.04 Å². The van der Waals surface area contributed by atoms with Crippen LogP contribution in [0.5, 0.6) is 0 Å². The van der Waals surface area contributed by atoms with Gasteiger partial charge in [0.2, 0.25) is 0 Å². The molecular weight excluding hydrogens is 148 g/mol. The van der Waals surface area contributed by atoms with Crippen LogP contribution in [0.15, 0.2) is 30.9 Å². The van der Waals surface area contributed by atoms with Crippen molar-refractivity contribution in [1.29, 1.82) is 0 Å². The Morgan fingerprint density at radius 1 is 1.67 bits per heavy atom. The summed E-state index contributed by atoms with van der Waals surface area (Å²) < 4.78 is 0. The van der Waals surface area contributed by atoms with Gasteiger partial charge >= 0.3 is 0 Å². The quantitative estimate of drug-likeness (QED) is 0.519. The van der Waals surface area contributed by atoms with Crippen LogP contribution in [0.25, 0.3) is 0 Å². The fourth-order valence-corrected chi connectivity index (χ4v) is 0.838. The predicted molar refractivity (Wildman–Crippen MR) is 49.3 cm³/mol. The van der Waals surface area contributed by atoms with E-state index in [-0.39, 0.29) is 6.04 Å². The molecule has 1 aromatic heterocycles. The Hall–Kier alpha value is -1.59. The molecule has 60 valence electrons. The lowest BCUT2D eigenvalue weighted by atomic mass is 10.2. The Kier molecular flexibility index (Phi) is 2.62. The van der Waals surface area contributed by atoms with E-state index < -0.39 is 0 Å². The van der Waals surface area contributed by atoms with Crippen molar-refractivity contribution in [2.24, 2.45) is 5.73 Å². The van der Waals surface area contributed by atoms with Gasteiger partial charge in [0.25, 0.3) is 0 Å². The van der Waals surface area contributed by atoms with E-state index in [1.54, 1.807) is 12.1 Å². The summed E-state index contributed by atoms with van der Waals surface area (Å²) in [6.45, 7) is 3.58. The van der Waals surface area contributed by atoms with Crippen LogP contribution >= 0.6 is 0 Å². The molecule has 12 heavy (non-hydrogen) atoms. The number of rotatable bonds is 2. The lowest BCUT2D eigenvalue weighted by Gasteiger charge is -2.04. The van der Waals surface area contributed by atoms with E-state index in [9.17, 15) is 0 Å². The SMILES string of the molecule is C#Cc1cccc([C@H](N)C=C)n1. The van der Waals surface area contributed by atoms with Gasteiger partial charge in [-0.15, -0.1) is 13.0 Å². The number of terminal acetylenes is 1. The van der Waals surface area contributed by atoms with E-state index in [0.29, 0.717) is 5.69 Å². The first kappa shape index (κ1) is 8.51. The Balaban J connectivity index is 3.03. The van der Waals surface area contributed by atoms with E-state index in [1.165, 1.54) is 0 Å². The standard InChI is InChI=1S/C10H10N2/c1-3-8-6-5-7-10(12-8)9(11)4-2/h1,4-7,9H,2,11H2/t9-/m1/s1. The molecule has 0 aliphatic carbocycles.